The van der Waals surface area contributed by atoms with Gasteiger partial charge in [0.2, 0.25) is 0 Å². The van der Waals surface area contributed by atoms with Gasteiger partial charge in [0.05, 0.1) is 12.9 Å². The van der Waals surface area contributed by atoms with Crippen LogP contribution in [0.1, 0.15) is 59.8 Å². The minimum atomic E-state index is -0.157. The Morgan fingerprint density at radius 2 is 1.97 bits per heavy atom. The van der Waals surface area contributed by atoms with Crippen molar-refractivity contribution >= 4 is 5.78 Å². The van der Waals surface area contributed by atoms with E-state index in [-0.39, 0.29) is 11.9 Å². The van der Waals surface area contributed by atoms with Gasteiger partial charge in [-0.15, -0.1) is 0 Å². The molecule has 0 saturated carbocycles. The maximum absolute atomic E-state index is 12.5. The second kappa shape index (κ2) is 9.26. The van der Waals surface area contributed by atoms with Crippen molar-refractivity contribution in [3.05, 3.63) is 83.4 Å². The van der Waals surface area contributed by atoms with E-state index in [1.54, 1.807) is 6.20 Å². The first-order valence-corrected chi connectivity index (χ1v) is 10.7. The van der Waals surface area contributed by atoms with Crippen molar-refractivity contribution in [2.45, 2.75) is 58.3 Å². The summed E-state index contributed by atoms with van der Waals surface area (Å²) in [5.74, 6) is 1.09. The number of carbonyl (C=O) groups is 1. The van der Waals surface area contributed by atoms with Crippen LogP contribution in [-0.2, 0) is 19.5 Å². The van der Waals surface area contributed by atoms with Crippen LogP contribution < -0.4 is 10.1 Å². The Morgan fingerprint density at radius 1 is 1.13 bits per heavy atom. The molecule has 5 heteroatoms. The summed E-state index contributed by atoms with van der Waals surface area (Å²) in [5, 5.41) is 3.52. The average molecular weight is 404 g/mol. The summed E-state index contributed by atoms with van der Waals surface area (Å²) in [5.41, 5.74) is 4.23. The van der Waals surface area contributed by atoms with Crippen molar-refractivity contribution in [3.63, 3.8) is 0 Å². The number of hydrogen-bond donors (Lipinski definition) is 1. The third-order valence-corrected chi connectivity index (χ3v) is 5.58. The van der Waals surface area contributed by atoms with Crippen LogP contribution in [0.5, 0.6) is 5.75 Å². The Kier molecular flexibility index (Phi) is 6.29. The fourth-order valence-corrected chi connectivity index (χ4v) is 4.01. The molecule has 0 bridgehead atoms. The van der Waals surface area contributed by atoms with Crippen molar-refractivity contribution in [1.29, 1.82) is 0 Å². The molecule has 1 atom stereocenters. The lowest BCUT2D eigenvalue weighted by atomic mass is 9.86. The molecular formula is C25H29N3O2. The van der Waals surface area contributed by atoms with Gasteiger partial charge in [-0.2, -0.15) is 0 Å². The molecule has 1 aliphatic carbocycles. The summed E-state index contributed by atoms with van der Waals surface area (Å²) in [4.78, 5) is 16.6. The lowest BCUT2D eigenvalue weighted by molar-refractivity contribution is 0.0972. The van der Waals surface area contributed by atoms with E-state index in [9.17, 15) is 4.79 Å². The number of rotatable bonds is 8. The predicted octanol–water partition coefficient (Wildman–Crippen LogP) is 4.72. The molecule has 3 aromatic rings. The summed E-state index contributed by atoms with van der Waals surface area (Å²) in [6.07, 6.45) is 7.85. The molecule has 2 aromatic carbocycles. The number of ether oxygens (including phenoxy) is 1. The second-order valence-electron chi connectivity index (χ2n) is 8.16. The number of carbonyl (C=O) groups excluding carboxylic acids is 1. The average Bonchev–Trinajstić information content (AvgIpc) is 3.26. The van der Waals surface area contributed by atoms with Crippen LogP contribution in [0.2, 0.25) is 0 Å². The standard InChI is InChI=1S/C25H29N3O2/c1-18(2)27-15-22-20-9-6-10-23(29)21(20)11-12-24(22)30-25(16-28-14-13-26-17-28)19-7-4-3-5-8-19/h3-5,7-8,11-14,17-18,25,27H,6,9-10,15-16H2,1-2H3. The zero-order chi connectivity index (χ0) is 20.9. The zero-order valence-electron chi connectivity index (χ0n) is 17.7. The normalized spacial score (nSPS) is 14.6. The number of hydrogen-bond acceptors (Lipinski definition) is 4. The highest BCUT2D eigenvalue weighted by Gasteiger charge is 2.24. The van der Waals surface area contributed by atoms with E-state index >= 15 is 0 Å². The summed E-state index contributed by atoms with van der Waals surface area (Å²) in [7, 11) is 0. The monoisotopic (exact) mass is 403 g/mol. The van der Waals surface area contributed by atoms with Gasteiger partial charge >= 0.3 is 0 Å². The van der Waals surface area contributed by atoms with Crippen molar-refractivity contribution < 1.29 is 9.53 Å². The van der Waals surface area contributed by atoms with E-state index in [0.29, 0.717) is 25.6 Å². The van der Waals surface area contributed by atoms with Crippen LogP contribution in [-0.4, -0.2) is 21.4 Å². The van der Waals surface area contributed by atoms with Crippen molar-refractivity contribution in [3.8, 4) is 5.75 Å². The van der Waals surface area contributed by atoms with Crippen LogP contribution >= 0.6 is 0 Å². The second-order valence-corrected chi connectivity index (χ2v) is 8.16. The molecule has 156 valence electrons. The number of nitrogens with one attached hydrogen (secondary N) is 1. The number of benzene rings is 2. The summed E-state index contributed by atoms with van der Waals surface area (Å²) >= 11 is 0. The van der Waals surface area contributed by atoms with Gasteiger partial charge in [-0.1, -0.05) is 44.2 Å². The van der Waals surface area contributed by atoms with E-state index in [1.807, 2.05) is 47.4 Å². The maximum Gasteiger partial charge on any atom is 0.163 e. The van der Waals surface area contributed by atoms with Crippen LogP contribution in [0, 0.1) is 0 Å². The first-order valence-electron chi connectivity index (χ1n) is 10.7. The molecule has 1 aliphatic rings. The van der Waals surface area contributed by atoms with Gasteiger partial charge in [0.1, 0.15) is 11.9 Å². The van der Waals surface area contributed by atoms with Gasteiger partial charge in [0.25, 0.3) is 0 Å². The van der Waals surface area contributed by atoms with Crippen LogP contribution in [0.25, 0.3) is 0 Å². The summed E-state index contributed by atoms with van der Waals surface area (Å²) in [6, 6.07) is 14.5. The molecule has 0 amide bonds. The van der Waals surface area contributed by atoms with Gasteiger partial charge in [0.15, 0.2) is 5.78 Å². The molecule has 0 radical (unpaired) electrons. The smallest absolute Gasteiger partial charge is 0.163 e. The molecule has 1 N–H and O–H groups in total. The molecule has 5 nitrogen and oxygen atoms in total. The molecular weight excluding hydrogens is 374 g/mol. The third-order valence-electron chi connectivity index (χ3n) is 5.58. The first-order chi connectivity index (χ1) is 14.6. The van der Waals surface area contributed by atoms with Crippen LogP contribution in [0.4, 0.5) is 0 Å². The number of imidazole rings is 1. The maximum atomic E-state index is 12.5. The van der Waals surface area contributed by atoms with Crippen LogP contribution in [0.3, 0.4) is 0 Å². The molecule has 1 heterocycles. The van der Waals surface area contributed by atoms with E-state index in [1.165, 1.54) is 0 Å². The molecule has 0 spiro atoms. The first kappa shape index (κ1) is 20.4. The molecule has 0 fully saturated rings. The van der Waals surface area contributed by atoms with E-state index in [4.69, 9.17) is 4.74 Å². The van der Waals surface area contributed by atoms with Crippen molar-refractivity contribution in [2.24, 2.45) is 0 Å². The fraction of sp³-hybridized carbons (Fsp3) is 0.360. The predicted molar refractivity (Wildman–Crippen MR) is 118 cm³/mol. The lowest BCUT2D eigenvalue weighted by Gasteiger charge is -2.26. The molecule has 4 rings (SSSR count). The Bertz CT molecular complexity index is 981. The molecule has 30 heavy (non-hydrogen) atoms. The number of fused-ring (bicyclic) bond motifs is 1. The van der Waals surface area contributed by atoms with Gasteiger partial charge in [-0.25, -0.2) is 4.98 Å². The van der Waals surface area contributed by atoms with E-state index in [2.05, 4.69) is 36.3 Å². The highest BCUT2D eigenvalue weighted by molar-refractivity contribution is 5.99. The Labute approximate surface area is 178 Å². The summed E-state index contributed by atoms with van der Waals surface area (Å²) < 4.78 is 8.67. The number of ketones is 1. The Morgan fingerprint density at radius 3 is 2.70 bits per heavy atom. The Hall–Kier alpha value is -2.92. The topological polar surface area (TPSA) is 56.1 Å². The van der Waals surface area contributed by atoms with Gasteiger partial charge in [0, 0.05) is 42.5 Å². The highest BCUT2D eigenvalue weighted by atomic mass is 16.5. The fourth-order valence-electron chi connectivity index (χ4n) is 4.01. The van der Waals surface area contributed by atoms with Crippen LogP contribution in [0.15, 0.2) is 61.2 Å². The van der Waals surface area contributed by atoms with Crippen molar-refractivity contribution in [2.75, 3.05) is 0 Å². The number of aromatic nitrogens is 2. The van der Waals surface area contributed by atoms with Gasteiger partial charge in [-0.3, -0.25) is 4.79 Å². The van der Waals surface area contributed by atoms with Gasteiger partial charge in [-0.05, 0) is 36.1 Å². The third kappa shape index (κ3) is 4.62. The molecule has 0 saturated heterocycles. The minimum absolute atomic E-state index is 0.157. The largest absolute Gasteiger partial charge is 0.484 e. The van der Waals surface area contributed by atoms with E-state index in [0.717, 1.165) is 40.8 Å². The minimum Gasteiger partial charge on any atom is -0.484 e. The van der Waals surface area contributed by atoms with Crippen molar-refractivity contribution in [1.82, 2.24) is 14.9 Å². The van der Waals surface area contributed by atoms with Gasteiger partial charge < -0.3 is 14.6 Å². The molecule has 1 aromatic heterocycles. The lowest BCUT2D eigenvalue weighted by Crippen LogP contribution is -2.25. The zero-order valence-corrected chi connectivity index (χ0v) is 17.7. The Balaban J connectivity index is 1.70. The number of Topliss-reactive ketones (excluding diaryl/α,β-unsaturated/α-hetero) is 1. The highest BCUT2D eigenvalue weighted by Crippen LogP contribution is 2.34. The quantitative estimate of drug-likeness (QED) is 0.591. The SMILES string of the molecule is CC(C)NCc1c(OC(Cn2ccnc2)c2ccccc2)ccc2c1CCCC2=O. The van der Waals surface area contributed by atoms with E-state index < -0.39 is 0 Å². The molecule has 0 aliphatic heterocycles. The molecule has 1 unspecified atom stereocenters. The summed E-state index contributed by atoms with van der Waals surface area (Å²) in [6.45, 7) is 5.62. The number of nitrogens with zero attached hydrogens (tertiary/aromatic N) is 2.